The van der Waals surface area contributed by atoms with Crippen LogP contribution in [0.15, 0.2) is 48.5 Å². The maximum absolute atomic E-state index is 14.4. The van der Waals surface area contributed by atoms with Gasteiger partial charge in [-0.2, -0.15) is 0 Å². The van der Waals surface area contributed by atoms with Gasteiger partial charge in [0.2, 0.25) is 21.8 Å². The van der Waals surface area contributed by atoms with Crippen LogP contribution in [-0.4, -0.2) is 50.5 Å². The molecule has 0 aliphatic rings. The molecule has 0 aliphatic heterocycles. The number of nitrogens with zero attached hydrogens (tertiary/aromatic N) is 2. The maximum Gasteiger partial charge on any atom is 0.244 e. The Morgan fingerprint density at radius 3 is 2.30 bits per heavy atom. The van der Waals surface area contributed by atoms with Gasteiger partial charge in [0.25, 0.3) is 0 Å². The lowest BCUT2D eigenvalue weighted by Gasteiger charge is -2.31. The van der Waals surface area contributed by atoms with Crippen molar-refractivity contribution in [2.24, 2.45) is 0 Å². The first-order valence-corrected chi connectivity index (χ1v) is 12.7. The largest absolute Gasteiger partial charge is 0.354 e. The minimum atomic E-state index is -3.97. The molecule has 1 unspecified atom stereocenters. The normalized spacial score (nSPS) is 12.2. The van der Waals surface area contributed by atoms with Crippen molar-refractivity contribution in [3.8, 4) is 0 Å². The number of benzene rings is 2. The second-order valence-electron chi connectivity index (χ2n) is 8.05. The van der Waals surface area contributed by atoms with Crippen molar-refractivity contribution >= 4 is 27.5 Å². The maximum atomic E-state index is 14.4. The van der Waals surface area contributed by atoms with E-state index in [-0.39, 0.29) is 18.1 Å². The molecule has 9 heteroatoms. The van der Waals surface area contributed by atoms with Crippen LogP contribution in [0.4, 0.5) is 10.1 Å². The summed E-state index contributed by atoms with van der Waals surface area (Å²) in [7, 11) is -3.97. The Kier molecular flexibility index (Phi) is 9.40. The highest BCUT2D eigenvalue weighted by Gasteiger charge is 2.30. The lowest BCUT2D eigenvalue weighted by Crippen LogP contribution is -2.51. The summed E-state index contributed by atoms with van der Waals surface area (Å²) < 4.78 is 40.0. The Balaban J connectivity index is 2.34. The monoisotopic (exact) mass is 477 g/mol. The quantitative estimate of drug-likeness (QED) is 0.504. The number of aryl methyl sites for hydroxylation is 1. The van der Waals surface area contributed by atoms with E-state index in [9.17, 15) is 22.4 Å². The van der Waals surface area contributed by atoms with Gasteiger partial charge in [-0.1, -0.05) is 55.3 Å². The number of unbranched alkanes of at least 4 members (excludes halogenated alkanes) is 1. The average molecular weight is 478 g/mol. The van der Waals surface area contributed by atoms with Gasteiger partial charge in [0, 0.05) is 13.1 Å². The van der Waals surface area contributed by atoms with E-state index in [4.69, 9.17) is 0 Å². The summed E-state index contributed by atoms with van der Waals surface area (Å²) >= 11 is 0. The van der Waals surface area contributed by atoms with E-state index in [0.29, 0.717) is 6.54 Å². The summed E-state index contributed by atoms with van der Waals surface area (Å²) in [5, 5.41) is 2.81. The topological polar surface area (TPSA) is 86.8 Å². The fourth-order valence-electron chi connectivity index (χ4n) is 3.26. The average Bonchev–Trinajstić information content (AvgIpc) is 2.76. The van der Waals surface area contributed by atoms with E-state index in [1.807, 2.05) is 38.1 Å². The second kappa shape index (κ2) is 11.8. The lowest BCUT2D eigenvalue weighted by atomic mass is 10.1. The van der Waals surface area contributed by atoms with Crippen LogP contribution in [-0.2, 0) is 26.2 Å². The van der Waals surface area contributed by atoms with Crippen LogP contribution in [0.5, 0.6) is 0 Å². The van der Waals surface area contributed by atoms with Gasteiger partial charge in [0.1, 0.15) is 18.4 Å². The summed E-state index contributed by atoms with van der Waals surface area (Å²) in [6, 6.07) is 12.0. The zero-order valence-electron chi connectivity index (χ0n) is 19.5. The lowest BCUT2D eigenvalue weighted by molar-refractivity contribution is -0.139. The number of para-hydroxylation sites is 1. The van der Waals surface area contributed by atoms with Gasteiger partial charge >= 0.3 is 0 Å². The number of anilines is 1. The summed E-state index contributed by atoms with van der Waals surface area (Å²) in [5.74, 6) is -1.70. The number of hydrogen-bond donors (Lipinski definition) is 1. The molecule has 2 aromatic rings. The fraction of sp³-hybridized carbons (Fsp3) is 0.417. The van der Waals surface area contributed by atoms with Crippen molar-refractivity contribution in [2.45, 2.75) is 46.2 Å². The van der Waals surface area contributed by atoms with Crippen molar-refractivity contribution < 1.29 is 22.4 Å². The Bertz CT molecular complexity index is 1060. The van der Waals surface area contributed by atoms with Gasteiger partial charge in [-0.05, 0) is 38.0 Å². The van der Waals surface area contributed by atoms with Gasteiger partial charge < -0.3 is 10.2 Å². The van der Waals surface area contributed by atoms with E-state index in [0.717, 1.165) is 40.6 Å². The number of amides is 2. The zero-order chi connectivity index (χ0) is 24.6. The fourth-order valence-corrected chi connectivity index (χ4v) is 4.11. The number of carbonyl (C=O) groups is 2. The minimum Gasteiger partial charge on any atom is -0.354 e. The SMILES string of the molecule is CCCCNC(=O)C(C)N(Cc1ccc(C)cc1)C(=O)CN(c1ccccc1F)S(C)(=O)=O. The van der Waals surface area contributed by atoms with Gasteiger partial charge in [0.15, 0.2) is 0 Å². The van der Waals surface area contributed by atoms with E-state index < -0.39 is 34.3 Å². The molecule has 0 aromatic heterocycles. The molecule has 2 amide bonds. The van der Waals surface area contributed by atoms with Gasteiger partial charge in [-0.25, -0.2) is 12.8 Å². The Morgan fingerprint density at radius 1 is 1.09 bits per heavy atom. The molecule has 0 aliphatic carbocycles. The third-order valence-corrected chi connectivity index (χ3v) is 6.40. The first-order valence-electron chi connectivity index (χ1n) is 10.9. The van der Waals surface area contributed by atoms with Crippen molar-refractivity contribution in [3.63, 3.8) is 0 Å². The first-order chi connectivity index (χ1) is 15.5. The van der Waals surface area contributed by atoms with Crippen LogP contribution < -0.4 is 9.62 Å². The smallest absolute Gasteiger partial charge is 0.244 e. The van der Waals surface area contributed by atoms with Crippen LogP contribution in [0.2, 0.25) is 0 Å². The third-order valence-electron chi connectivity index (χ3n) is 5.27. The Hall–Kier alpha value is -2.94. The number of halogens is 1. The predicted octanol–water partition coefficient (Wildman–Crippen LogP) is 3.23. The second-order valence-corrected chi connectivity index (χ2v) is 9.96. The van der Waals surface area contributed by atoms with Gasteiger partial charge in [-0.3, -0.25) is 13.9 Å². The molecule has 0 saturated heterocycles. The highest BCUT2D eigenvalue weighted by molar-refractivity contribution is 7.92. The van der Waals surface area contributed by atoms with E-state index in [1.54, 1.807) is 6.92 Å². The van der Waals surface area contributed by atoms with Crippen LogP contribution in [0.25, 0.3) is 0 Å². The minimum absolute atomic E-state index is 0.107. The standard InChI is InChI=1S/C24H32FN3O4S/c1-5-6-15-26-24(30)19(3)27(16-20-13-11-18(2)12-14-20)23(29)17-28(33(4,31)32)22-10-8-7-9-21(22)25/h7-14,19H,5-6,15-17H2,1-4H3,(H,26,30). The highest BCUT2D eigenvalue weighted by atomic mass is 32.2. The van der Waals surface area contributed by atoms with Crippen molar-refractivity contribution in [1.29, 1.82) is 0 Å². The van der Waals surface area contributed by atoms with Gasteiger partial charge in [-0.15, -0.1) is 0 Å². The molecule has 2 aromatic carbocycles. The predicted molar refractivity (Wildman–Crippen MR) is 128 cm³/mol. The number of rotatable bonds is 11. The van der Waals surface area contributed by atoms with Crippen LogP contribution >= 0.6 is 0 Å². The summed E-state index contributed by atoms with van der Waals surface area (Å²) in [6.45, 7) is 5.51. The van der Waals surface area contributed by atoms with E-state index in [1.165, 1.54) is 23.1 Å². The molecule has 0 radical (unpaired) electrons. The molecule has 2 rings (SSSR count). The Morgan fingerprint density at radius 2 is 1.73 bits per heavy atom. The van der Waals surface area contributed by atoms with E-state index >= 15 is 0 Å². The molecule has 7 nitrogen and oxygen atoms in total. The zero-order valence-corrected chi connectivity index (χ0v) is 20.4. The van der Waals surface area contributed by atoms with Crippen LogP contribution in [0, 0.1) is 12.7 Å². The number of sulfonamides is 1. The summed E-state index contributed by atoms with van der Waals surface area (Å²) in [4.78, 5) is 27.4. The molecule has 180 valence electrons. The molecule has 0 heterocycles. The number of hydrogen-bond acceptors (Lipinski definition) is 4. The molecule has 0 bridgehead atoms. The summed E-state index contributed by atoms with van der Waals surface area (Å²) in [6.07, 6.45) is 2.63. The third kappa shape index (κ3) is 7.56. The van der Waals surface area contributed by atoms with Crippen LogP contribution in [0.1, 0.15) is 37.8 Å². The molecular formula is C24H32FN3O4S. The number of nitrogens with one attached hydrogen (secondary N) is 1. The molecule has 1 atom stereocenters. The summed E-state index contributed by atoms with van der Waals surface area (Å²) in [5.41, 5.74) is 1.62. The molecule has 33 heavy (non-hydrogen) atoms. The van der Waals surface area contributed by atoms with Crippen LogP contribution in [0.3, 0.4) is 0 Å². The highest BCUT2D eigenvalue weighted by Crippen LogP contribution is 2.22. The van der Waals surface area contributed by atoms with Crippen molar-refractivity contribution in [1.82, 2.24) is 10.2 Å². The van der Waals surface area contributed by atoms with Gasteiger partial charge in [0.05, 0.1) is 11.9 Å². The van der Waals surface area contributed by atoms with Crippen molar-refractivity contribution in [3.05, 3.63) is 65.5 Å². The van der Waals surface area contributed by atoms with Crippen molar-refractivity contribution in [2.75, 3.05) is 23.7 Å². The molecule has 0 spiro atoms. The molecular weight excluding hydrogens is 445 g/mol. The molecule has 0 fully saturated rings. The first kappa shape index (κ1) is 26.3. The number of carbonyl (C=O) groups excluding carboxylic acids is 2. The van der Waals surface area contributed by atoms with E-state index in [2.05, 4.69) is 5.32 Å². The molecule has 1 N–H and O–H groups in total. The molecule has 0 saturated carbocycles. The Labute approximate surface area is 195 Å².